The van der Waals surface area contributed by atoms with Crippen molar-refractivity contribution in [3.8, 4) is 0 Å². The second-order valence-corrected chi connectivity index (χ2v) is 12.7. The highest BCUT2D eigenvalue weighted by atomic mass is 32.2. The Labute approximate surface area is 169 Å². The van der Waals surface area contributed by atoms with Crippen LogP contribution in [0.25, 0.3) is 0 Å². The van der Waals surface area contributed by atoms with Crippen LogP contribution in [0.3, 0.4) is 0 Å². The number of thiophene rings is 1. The smallest absolute Gasteiger partial charge is 0.252 e. The van der Waals surface area contributed by atoms with Gasteiger partial charge in [-0.25, -0.2) is 16.8 Å². The van der Waals surface area contributed by atoms with Crippen LogP contribution in [-0.2, 0) is 19.9 Å². The first-order valence-electron chi connectivity index (χ1n) is 9.24. The number of aryl methyl sites for hydroxylation is 1. The monoisotopic (exact) mass is 444 g/mol. The van der Waals surface area contributed by atoms with Crippen LogP contribution in [0.1, 0.15) is 23.9 Å². The predicted octanol–water partition coefficient (Wildman–Crippen LogP) is 1.43. The lowest BCUT2D eigenvalue weighted by molar-refractivity contribution is 0.385. The second kappa shape index (κ2) is 7.12. The van der Waals surface area contributed by atoms with Gasteiger partial charge >= 0.3 is 0 Å². The molecule has 0 aromatic carbocycles. The zero-order valence-corrected chi connectivity index (χ0v) is 18.4. The van der Waals surface area contributed by atoms with E-state index in [9.17, 15) is 16.8 Å². The summed E-state index contributed by atoms with van der Waals surface area (Å²) >= 11 is 1.24. The molecule has 0 spiro atoms. The molecule has 0 N–H and O–H groups in total. The second-order valence-electron chi connectivity index (χ2n) is 7.34. The molecule has 2 saturated heterocycles. The summed E-state index contributed by atoms with van der Waals surface area (Å²) in [5.74, 6) is 0.353. The summed E-state index contributed by atoms with van der Waals surface area (Å²) in [5.41, 5.74) is 2.81. The lowest BCUT2D eigenvalue weighted by Crippen LogP contribution is -2.48. The molecule has 2 aromatic heterocycles. The van der Waals surface area contributed by atoms with Crippen molar-refractivity contribution >= 4 is 36.9 Å². The van der Waals surface area contributed by atoms with Gasteiger partial charge in [0, 0.05) is 26.2 Å². The summed E-state index contributed by atoms with van der Waals surface area (Å²) in [6.45, 7) is 5.90. The summed E-state index contributed by atoms with van der Waals surface area (Å²) in [6.07, 6.45) is 0.594. The third kappa shape index (κ3) is 3.49. The van der Waals surface area contributed by atoms with E-state index in [-0.39, 0.29) is 17.5 Å². The number of nitrogens with zero attached hydrogens (tertiary/aromatic N) is 4. The summed E-state index contributed by atoms with van der Waals surface area (Å²) in [6, 6.07) is 3.27. The third-order valence-electron chi connectivity index (χ3n) is 5.49. The Morgan fingerprint density at radius 1 is 1.18 bits per heavy atom. The number of rotatable bonds is 4. The van der Waals surface area contributed by atoms with Crippen molar-refractivity contribution in [1.29, 1.82) is 0 Å². The number of hydrogen-bond donors (Lipinski definition) is 0. The Morgan fingerprint density at radius 2 is 1.89 bits per heavy atom. The minimum atomic E-state index is -3.43. The zero-order valence-electron chi connectivity index (χ0n) is 15.9. The van der Waals surface area contributed by atoms with E-state index in [1.54, 1.807) is 17.5 Å². The molecule has 0 radical (unpaired) electrons. The zero-order chi connectivity index (χ0) is 20.1. The molecule has 0 aliphatic carbocycles. The highest BCUT2D eigenvalue weighted by Gasteiger charge is 2.34. The van der Waals surface area contributed by atoms with Gasteiger partial charge in [0.1, 0.15) is 4.21 Å². The average Bonchev–Trinajstić information content (AvgIpc) is 3.35. The van der Waals surface area contributed by atoms with Crippen LogP contribution in [-0.4, -0.2) is 68.6 Å². The van der Waals surface area contributed by atoms with E-state index in [0.29, 0.717) is 36.8 Å². The Balaban J connectivity index is 1.51. The average molecular weight is 445 g/mol. The molecule has 0 amide bonds. The van der Waals surface area contributed by atoms with E-state index in [2.05, 4.69) is 10.00 Å². The van der Waals surface area contributed by atoms with Gasteiger partial charge in [0.25, 0.3) is 10.0 Å². The van der Waals surface area contributed by atoms with Crippen molar-refractivity contribution in [2.45, 2.75) is 30.5 Å². The molecule has 154 valence electrons. The standard InChI is InChI=1S/C17H24N4O4S3/c1-13-17(14(2)21(18-13)15-5-11-27(22,23)12-15)19-6-8-20(9-7-19)28(24,25)16-4-3-10-26-16/h3-4,10,15H,5-9,11-12H2,1-2H3. The van der Waals surface area contributed by atoms with E-state index in [1.165, 1.54) is 15.6 Å². The van der Waals surface area contributed by atoms with Crippen LogP contribution in [0, 0.1) is 13.8 Å². The maximum absolute atomic E-state index is 12.7. The molecule has 11 heteroatoms. The quantitative estimate of drug-likeness (QED) is 0.708. The van der Waals surface area contributed by atoms with E-state index >= 15 is 0 Å². The number of hydrogen-bond acceptors (Lipinski definition) is 7. The summed E-state index contributed by atoms with van der Waals surface area (Å²) in [7, 11) is -6.41. The van der Waals surface area contributed by atoms with Crippen molar-refractivity contribution in [1.82, 2.24) is 14.1 Å². The molecule has 1 unspecified atom stereocenters. The number of piperazine rings is 1. The fraction of sp³-hybridized carbons (Fsp3) is 0.588. The van der Waals surface area contributed by atoms with Crippen LogP contribution in [0.5, 0.6) is 0 Å². The predicted molar refractivity (Wildman–Crippen MR) is 109 cm³/mol. The lowest BCUT2D eigenvalue weighted by Gasteiger charge is -2.35. The van der Waals surface area contributed by atoms with E-state index < -0.39 is 19.9 Å². The van der Waals surface area contributed by atoms with E-state index in [0.717, 1.165) is 17.1 Å². The van der Waals surface area contributed by atoms with Gasteiger partial charge in [-0.15, -0.1) is 11.3 Å². The summed E-state index contributed by atoms with van der Waals surface area (Å²) in [5, 5.41) is 6.39. The number of anilines is 1. The van der Waals surface area contributed by atoms with Gasteiger partial charge in [0.05, 0.1) is 34.6 Å². The van der Waals surface area contributed by atoms with Crippen molar-refractivity contribution in [2.24, 2.45) is 0 Å². The highest BCUT2D eigenvalue weighted by Crippen LogP contribution is 2.32. The Bertz CT molecular complexity index is 1070. The lowest BCUT2D eigenvalue weighted by atomic mass is 10.2. The molecule has 0 saturated carbocycles. The van der Waals surface area contributed by atoms with E-state index in [1.807, 2.05) is 18.5 Å². The summed E-state index contributed by atoms with van der Waals surface area (Å²) < 4.78 is 52.8. The molecule has 2 aromatic rings. The van der Waals surface area contributed by atoms with Crippen LogP contribution >= 0.6 is 11.3 Å². The van der Waals surface area contributed by atoms with Crippen molar-refractivity contribution in [3.63, 3.8) is 0 Å². The maximum Gasteiger partial charge on any atom is 0.252 e. The molecule has 28 heavy (non-hydrogen) atoms. The molecule has 2 fully saturated rings. The van der Waals surface area contributed by atoms with Gasteiger partial charge in [0.15, 0.2) is 9.84 Å². The minimum absolute atomic E-state index is 0.113. The van der Waals surface area contributed by atoms with Gasteiger partial charge in [-0.2, -0.15) is 9.40 Å². The minimum Gasteiger partial charge on any atom is -0.366 e. The molecule has 1 atom stereocenters. The van der Waals surface area contributed by atoms with E-state index in [4.69, 9.17) is 0 Å². The number of sulfone groups is 1. The highest BCUT2D eigenvalue weighted by molar-refractivity contribution is 7.91. The first-order valence-corrected chi connectivity index (χ1v) is 13.4. The maximum atomic E-state index is 12.7. The first-order chi connectivity index (χ1) is 13.2. The SMILES string of the molecule is Cc1nn(C2CCS(=O)(=O)C2)c(C)c1N1CCN(S(=O)(=O)c2cccs2)CC1. The van der Waals surface area contributed by atoms with Crippen molar-refractivity contribution in [2.75, 3.05) is 42.6 Å². The van der Waals surface area contributed by atoms with Crippen LogP contribution in [0.15, 0.2) is 21.7 Å². The van der Waals surface area contributed by atoms with Gasteiger partial charge in [-0.1, -0.05) is 6.07 Å². The Kier molecular flexibility index (Phi) is 5.05. The molecule has 4 rings (SSSR count). The normalized spacial score (nSPS) is 23.4. The number of sulfonamides is 1. The van der Waals surface area contributed by atoms with Gasteiger partial charge in [-0.3, -0.25) is 4.68 Å². The molecular formula is C17H24N4O4S3. The molecular weight excluding hydrogens is 420 g/mol. The Morgan fingerprint density at radius 3 is 2.46 bits per heavy atom. The largest absolute Gasteiger partial charge is 0.366 e. The van der Waals surface area contributed by atoms with Crippen molar-refractivity contribution < 1.29 is 16.8 Å². The molecule has 0 bridgehead atoms. The molecule has 8 nitrogen and oxygen atoms in total. The third-order valence-corrected chi connectivity index (χ3v) is 10.5. The van der Waals surface area contributed by atoms with Crippen molar-refractivity contribution in [3.05, 3.63) is 28.9 Å². The van der Waals surface area contributed by atoms with Gasteiger partial charge < -0.3 is 4.90 Å². The summed E-state index contributed by atoms with van der Waals surface area (Å²) in [4.78, 5) is 2.16. The fourth-order valence-corrected chi connectivity index (χ4v) is 8.38. The van der Waals surface area contributed by atoms with Crippen LogP contribution in [0.4, 0.5) is 5.69 Å². The van der Waals surface area contributed by atoms with Gasteiger partial charge in [0.2, 0.25) is 0 Å². The fourth-order valence-electron chi connectivity index (χ4n) is 4.13. The number of aromatic nitrogens is 2. The van der Waals surface area contributed by atoms with Gasteiger partial charge in [-0.05, 0) is 31.7 Å². The van der Waals surface area contributed by atoms with Crippen LogP contribution < -0.4 is 4.90 Å². The van der Waals surface area contributed by atoms with Crippen LogP contribution in [0.2, 0.25) is 0 Å². The Hall–Kier alpha value is -1.43. The topological polar surface area (TPSA) is 92.6 Å². The molecule has 2 aliphatic rings. The first kappa shape index (κ1) is 19.9. The molecule has 4 heterocycles. The molecule has 2 aliphatic heterocycles.